The minimum Gasteiger partial charge on any atom is -0.496 e. The van der Waals surface area contributed by atoms with E-state index in [2.05, 4.69) is 26.2 Å². The number of carboxylic acid groups (broad SMARTS) is 1. The number of aromatic nitrogens is 1. The number of hydrogen-bond acceptors (Lipinski definition) is 5. The van der Waals surface area contributed by atoms with Crippen LogP contribution in [-0.2, 0) is 0 Å². The summed E-state index contributed by atoms with van der Waals surface area (Å²) < 4.78 is 11.4. The van der Waals surface area contributed by atoms with Gasteiger partial charge >= 0.3 is 11.9 Å². The lowest BCUT2D eigenvalue weighted by molar-refractivity contribution is 0.0698. The van der Waals surface area contributed by atoms with Crippen LogP contribution in [-0.4, -0.2) is 29.1 Å². The molecular weight excluding hydrogens is 404 g/mol. The van der Waals surface area contributed by atoms with Crippen molar-refractivity contribution >= 4 is 33.5 Å². The zero-order valence-electron chi connectivity index (χ0n) is 13.5. The molecule has 3 aromatic rings. The number of nitrogens with one attached hydrogen (secondary N) is 1. The van der Waals surface area contributed by atoms with Crippen molar-refractivity contribution in [1.29, 1.82) is 0 Å². The number of amides is 1. The van der Waals surface area contributed by atoms with Crippen LogP contribution in [0.25, 0.3) is 11.3 Å². The van der Waals surface area contributed by atoms with Crippen LogP contribution < -0.4 is 10.1 Å². The number of carbonyl (C=O) groups excluding carboxylic acids is 1. The molecule has 0 saturated carbocycles. The van der Waals surface area contributed by atoms with Gasteiger partial charge in [0.25, 0.3) is 5.89 Å². The molecule has 3 rings (SSSR count). The summed E-state index contributed by atoms with van der Waals surface area (Å²) in [6.45, 7) is 0. The Morgan fingerprint density at radius 1 is 1.23 bits per heavy atom. The predicted molar refractivity (Wildman–Crippen MR) is 97.5 cm³/mol. The number of hydrogen-bond donors (Lipinski definition) is 2. The van der Waals surface area contributed by atoms with Crippen LogP contribution >= 0.6 is 15.9 Å². The number of rotatable bonds is 5. The van der Waals surface area contributed by atoms with Crippen LogP contribution in [0.5, 0.6) is 5.75 Å². The van der Waals surface area contributed by atoms with Crippen LogP contribution in [0.15, 0.2) is 57.6 Å². The first kappa shape index (κ1) is 17.7. The van der Waals surface area contributed by atoms with Crippen molar-refractivity contribution in [1.82, 2.24) is 4.98 Å². The second-order valence-electron chi connectivity index (χ2n) is 5.18. The number of para-hydroxylation sites is 1. The van der Waals surface area contributed by atoms with Crippen molar-refractivity contribution in [3.8, 4) is 17.1 Å². The lowest BCUT2D eigenvalue weighted by Gasteiger charge is -2.07. The van der Waals surface area contributed by atoms with E-state index in [0.29, 0.717) is 21.5 Å². The van der Waals surface area contributed by atoms with E-state index in [1.54, 1.807) is 24.3 Å². The van der Waals surface area contributed by atoms with Gasteiger partial charge < -0.3 is 19.6 Å². The minimum absolute atomic E-state index is 0.0516. The smallest absolute Gasteiger partial charge is 0.337 e. The summed E-state index contributed by atoms with van der Waals surface area (Å²) in [5.41, 5.74) is 0.739. The van der Waals surface area contributed by atoms with Crippen molar-refractivity contribution in [3.63, 3.8) is 0 Å². The standard InChI is InChI=1S/C18H13BrN2O5/c1-25-14-5-3-2-4-11(14)15-9-20-17(26-15)16(22)21-13-7-6-10(19)8-12(13)18(23)24/h2-9H,1H3,(H,21,22)(H,23,24). The Morgan fingerprint density at radius 2 is 2.00 bits per heavy atom. The molecule has 0 unspecified atom stereocenters. The summed E-state index contributed by atoms with van der Waals surface area (Å²) >= 11 is 3.20. The fraction of sp³-hybridized carbons (Fsp3) is 0.0556. The highest BCUT2D eigenvalue weighted by molar-refractivity contribution is 9.10. The number of benzene rings is 2. The molecule has 2 N–H and O–H groups in total. The molecular formula is C18H13BrN2O5. The predicted octanol–water partition coefficient (Wildman–Crippen LogP) is 4.06. The molecule has 0 aliphatic carbocycles. The van der Waals surface area contributed by atoms with Crippen LogP contribution in [0.3, 0.4) is 0 Å². The fourth-order valence-electron chi connectivity index (χ4n) is 2.33. The third kappa shape index (κ3) is 3.60. The van der Waals surface area contributed by atoms with Crippen molar-refractivity contribution in [2.24, 2.45) is 0 Å². The highest BCUT2D eigenvalue weighted by atomic mass is 79.9. The van der Waals surface area contributed by atoms with Crippen LogP contribution in [0.2, 0.25) is 0 Å². The second-order valence-corrected chi connectivity index (χ2v) is 6.09. The van der Waals surface area contributed by atoms with Crippen molar-refractivity contribution in [2.75, 3.05) is 12.4 Å². The first-order valence-electron chi connectivity index (χ1n) is 7.43. The summed E-state index contributed by atoms with van der Waals surface area (Å²) in [4.78, 5) is 27.7. The van der Waals surface area contributed by atoms with E-state index in [4.69, 9.17) is 9.15 Å². The maximum atomic E-state index is 12.4. The van der Waals surface area contributed by atoms with Crippen LogP contribution in [0, 0.1) is 0 Å². The van der Waals surface area contributed by atoms with Gasteiger partial charge in [0.1, 0.15) is 5.75 Å². The molecule has 0 bridgehead atoms. The monoisotopic (exact) mass is 416 g/mol. The van der Waals surface area contributed by atoms with E-state index >= 15 is 0 Å². The number of carbonyl (C=O) groups is 2. The largest absolute Gasteiger partial charge is 0.496 e. The molecule has 132 valence electrons. The molecule has 0 saturated heterocycles. The van der Waals surface area contributed by atoms with E-state index in [9.17, 15) is 14.7 Å². The number of aromatic carboxylic acids is 1. The molecule has 2 aromatic carbocycles. The van der Waals surface area contributed by atoms with E-state index in [1.807, 2.05) is 6.07 Å². The van der Waals surface area contributed by atoms with Gasteiger partial charge in [0.15, 0.2) is 5.76 Å². The quantitative estimate of drug-likeness (QED) is 0.649. The Bertz CT molecular complexity index is 983. The Morgan fingerprint density at radius 3 is 2.73 bits per heavy atom. The molecule has 0 aliphatic rings. The summed E-state index contributed by atoms with van der Waals surface area (Å²) in [7, 11) is 1.53. The third-order valence-corrected chi connectivity index (χ3v) is 4.03. The molecule has 0 aliphatic heterocycles. The number of carboxylic acids is 1. The van der Waals surface area contributed by atoms with Gasteiger partial charge in [-0.05, 0) is 30.3 Å². The summed E-state index contributed by atoms with van der Waals surface area (Å²) in [6.07, 6.45) is 1.41. The average molecular weight is 417 g/mol. The molecule has 7 nitrogen and oxygen atoms in total. The molecule has 0 spiro atoms. The minimum atomic E-state index is -1.16. The zero-order valence-corrected chi connectivity index (χ0v) is 15.1. The van der Waals surface area contributed by atoms with Gasteiger partial charge in [-0.15, -0.1) is 0 Å². The molecule has 0 radical (unpaired) electrons. The number of anilines is 1. The lowest BCUT2D eigenvalue weighted by Crippen LogP contribution is -2.15. The normalized spacial score (nSPS) is 10.4. The Labute approximate surface area is 156 Å². The zero-order chi connectivity index (χ0) is 18.7. The van der Waals surface area contributed by atoms with E-state index in [0.717, 1.165) is 0 Å². The van der Waals surface area contributed by atoms with Gasteiger partial charge in [-0.1, -0.05) is 28.1 Å². The molecule has 1 amide bonds. The van der Waals surface area contributed by atoms with Gasteiger partial charge in [0.05, 0.1) is 30.1 Å². The number of oxazole rings is 1. The maximum absolute atomic E-state index is 12.4. The summed E-state index contributed by atoms with van der Waals surface area (Å²) in [6, 6.07) is 11.7. The molecule has 8 heteroatoms. The van der Waals surface area contributed by atoms with Crippen molar-refractivity contribution in [3.05, 3.63) is 64.6 Å². The molecule has 0 atom stereocenters. The van der Waals surface area contributed by atoms with Crippen molar-refractivity contribution in [2.45, 2.75) is 0 Å². The van der Waals surface area contributed by atoms with Gasteiger partial charge in [0.2, 0.25) is 0 Å². The van der Waals surface area contributed by atoms with Gasteiger partial charge in [-0.2, -0.15) is 0 Å². The summed E-state index contributed by atoms with van der Waals surface area (Å²) in [5, 5.41) is 11.8. The van der Waals surface area contributed by atoms with Crippen molar-refractivity contribution < 1.29 is 23.8 Å². The first-order chi connectivity index (χ1) is 12.5. The number of nitrogens with zero attached hydrogens (tertiary/aromatic N) is 1. The highest BCUT2D eigenvalue weighted by Gasteiger charge is 2.19. The molecule has 1 aromatic heterocycles. The number of methoxy groups -OCH3 is 1. The number of halogens is 1. The van der Waals surface area contributed by atoms with E-state index in [1.165, 1.54) is 25.4 Å². The average Bonchev–Trinajstić information content (AvgIpc) is 3.13. The maximum Gasteiger partial charge on any atom is 0.337 e. The molecule has 0 fully saturated rings. The van der Waals surface area contributed by atoms with Gasteiger partial charge in [-0.25, -0.2) is 9.78 Å². The Balaban J connectivity index is 1.87. The number of ether oxygens (including phenoxy) is 1. The van der Waals surface area contributed by atoms with E-state index < -0.39 is 11.9 Å². The van der Waals surface area contributed by atoms with Gasteiger partial charge in [0, 0.05) is 4.47 Å². The second kappa shape index (κ2) is 7.40. The SMILES string of the molecule is COc1ccccc1-c1cnc(C(=O)Nc2ccc(Br)cc2C(=O)O)o1. The van der Waals surface area contributed by atoms with Crippen LogP contribution in [0.4, 0.5) is 5.69 Å². The third-order valence-electron chi connectivity index (χ3n) is 3.53. The van der Waals surface area contributed by atoms with Gasteiger partial charge in [-0.3, -0.25) is 4.79 Å². The Hall–Kier alpha value is -3.13. The van der Waals surface area contributed by atoms with E-state index in [-0.39, 0.29) is 17.1 Å². The Kier molecular flexibility index (Phi) is 5.04. The topological polar surface area (TPSA) is 102 Å². The molecule has 1 heterocycles. The first-order valence-corrected chi connectivity index (χ1v) is 8.22. The summed E-state index contributed by atoms with van der Waals surface area (Å²) in [5.74, 6) is -1.07. The highest BCUT2D eigenvalue weighted by Crippen LogP contribution is 2.30. The molecule has 26 heavy (non-hydrogen) atoms. The van der Waals surface area contributed by atoms with Crippen LogP contribution in [0.1, 0.15) is 21.0 Å². The fourth-order valence-corrected chi connectivity index (χ4v) is 2.69. The lowest BCUT2D eigenvalue weighted by atomic mass is 10.1.